The fourth-order valence-electron chi connectivity index (χ4n) is 3.33. The number of rotatable bonds is 4. The van der Waals surface area contributed by atoms with Crippen molar-refractivity contribution in [2.24, 2.45) is 17.1 Å². The van der Waals surface area contributed by atoms with Crippen molar-refractivity contribution < 1.29 is 0 Å². The van der Waals surface area contributed by atoms with Crippen LogP contribution < -0.4 is 5.73 Å². The van der Waals surface area contributed by atoms with Gasteiger partial charge in [-0.25, -0.2) is 0 Å². The summed E-state index contributed by atoms with van der Waals surface area (Å²) in [5, 5.41) is 0. The minimum atomic E-state index is 0.314. The van der Waals surface area contributed by atoms with Gasteiger partial charge in [0.1, 0.15) is 0 Å². The van der Waals surface area contributed by atoms with Crippen LogP contribution in [0.25, 0.3) is 0 Å². The summed E-state index contributed by atoms with van der Waals surface area (Å²) >= 11 is 0. The van der Waals surface area contributed by atoms with Crippen molar-refractivity contribution in [3.05, 3.63) is 35.4 Å². The van der Waals surface area contributed by atoms with Crippen LogP contribution in [0.4, 0.5) is 0 Å². The maximum Gasteiger partial charge on any atom is 0.0230 e. The third kappa shape index (κ3) is 3.58. The first-order chi connectivity index (χ1) is 8.88. The monoisotopic (exact) mass is 260 g/mol. The molecule has 1 aliphatic carbocycles. The molecule has 2 rings (SSSR count). The highest BCUT2D eigenvalue weighted by molar-refractivity contribution is 5.22. The molecule has 0 radical (unpaired) electrons. The fourth-order valence-corrected chi connectivity index (χ4v) is 3.33. The van der Waals surface area contributed by atoms with E-state index in [1.54, 1.807) is 0 Å². The van der Waals surface area contributed by atoms with Crippen LogP contribution in [0.1, 0.15) is 37.8 Å². The van der Waals surface area contributed by atoms with Crippen LogP contribution in [-0.2, 0) is 6.54 Å². The molecule has 2 heteroatoms. The van der Waals surface area contributed by atoms with Gasteiger partial charge in [-0.05, 0) is 43.7 Å². The van der Waals surface area contributed by atoms with E-state index in [4.69, 9.17) is 5.73 Å². The van der Waals surface area contributed by atoms with Crippen LogP contribution in [0.2, 0.25) is 0 Å². The van der Waals surface area contributed by atoms with Gasteiger partial charge in [-0.3, -0.25) is 0 Å². The molecular formula is C17H28N2. The molecule has 2 atom stereocenters. The lowest BCUT2D eigenvalue weighted by Crippen LogP contribution is -2.41. The molecule has 2 nitrogen and oxygen atoms in total. The van der Waals surface area contributed by atoms with Crippen LogP contribution >= 0.6 is 0 Å². The second-order valence-electron chi connectivity index (χ2n) is 7.00. The molecule has 0 amide bonds. The molecule has 0 bridgehead atoms. The average Bonchev–Trinajstić information content (AvgIpc) is 2.56. The number of nitrogens with two attached hydrogens (primary N) is 1. The largest absolute Gasteiger partial charge is 0.327 e. The molecule has 1 aromatic rings. The van der Waals surface area contributed by atoms with E-state index in [9.17, 15) is 0 Å². The Hall–Kier alpha value is -0.860. The first-order valence-corrected chi connectivity index (χ1v) is 7.38. The predicted octanol–water partition coefficient (Wildman–Crippen LogP) is 3.19. The Balaban J connectivity index is 1.90. The Kier molecular flexibility index (Phi) is 4.32. The summed E-state index contributed by atoms with van der Waals surface area (Å²) in [4.78, 5) is 2.42. The minimum Gasteiger partial charge on any atom is -0.327 e. The van der Waals surface area contributed by atoms with E-state index < -0.39 is 0 Å². The average molecular weight is 260 g/mol. The Labute approximate surface area is 118 Å². The smallest absolute Gasteiger partial charge is 0.0230 e. The Morgan fingerprint density at radius 3 is 2.68 bits per heavy atom. The van der Waals surface area contributed by atoms with E-state index in [1.165, 1.54) is 24.0 Å². The van der Waals surface area contributed by atoms with Gasteiger partial charge >= 0.3 is 0 Å². The zero-order valence-electron chi connectivity index (χ0n) is 12.8. The molecule has 0 heterocycles. The van der Waals surface area contributed by atoms with E-state index in [2.05, 4.69) is 57.0 Å². The van der Waals surface area contributed by atoms with Gasteiger partial charge in [-0.1, -0.05) is 43.7 Å². The lowest BCUT2D eigenvalue weighted by molar-refractivity contribution is 0.229. The number of nitrogens with zero attached hydrogens (tertiary/aromatic N) is 1. The van der Waals surface area contributed by atoms with Gasteiger partial charge in [0.05, 0.1) is 0 Å². The summed E-state index contributed by atoms with van der Waals surface area (Å²) in [5.74, 6) is 0.643. The summed E-state index contributed by atoms with van der Waals surface area (Å²) in [5.41, 5.74) is 9.44. The SMILES string of the molecule is Cc1cccc(CN(C)CC2CCC(C)(C)C2N)c1. The normalized spacial score (nSPS) is 26.0. The molecule has 106 valence electrons. The van der Waals surface area contributed by atoms with E-state index in [-0.39, 0.29) is 0 Å². The molecule has 1 aliphatic rings. The van der Waals surface area contributed by atoms with Crippen molar-refractivity contribution in [3.8, 4) is 0 Å². The molecule has 0 aromatic heterocycles. The van der Waals surface area contributed by atoms with Crippen LogP contribution in [0, 0.1) is 18.3 Å². The molecule has 2 unspecified atom stereocenters. The van der Waals surface area contributed by atoms with Gasteiger partial charge in [0.15, 0.2) is 0 Å². The standard InChI is InChI=1S/C17H28N2/c1-13-6-5-7-14(10-13)11-19(4)12-15-8-9-17(2,3)16(15)18/h5-7,10,15-16H,8-9,11-12,18H2,1-4H3. The van der Waals surface area contributed by atoms with Crippen molar-refractivity contribution in [3.63, 3.8) is 0 Å². The highest BCUT2D eigenvalue weighted by atomic mass is 15.1. The van der Waals surface area contributed by atoms with E-state index in [0.717, 1.165) is 13.1 Å². The lowest BCUT2D eigenvalue weighted by Gasteiger charge is -2.29. The van der Waals surface area contributed by atoms with Crippen molar-refractivity contribution in [1.82, 2.24) is 4.90 Å². The third-order valence-electron chi connectivity index (χ3n) is 4.65. The molecule has 0 spiro atoms. The molecule has 1 aromatic carbocycles. The summed E-state index contributed by atoms with van der Waals surface area (Å²) in [7, 11) is 2.21. The molecule has 1 fully saturated rings. The summed E-state index contributed by atoms with van der Waals surface area (Å²) in [6, 6.07) is 9.12. The second kappa shape index (κ2) is 5.64. The summed E-state index contributed by atoms with van der Waals surface area (Å²) < 4.78 is 0. The quantitative estimate of drug-likeness (QED) is 0.901. The molecule has 1 saturated carbocycles. The van der Waals surface area contributed by atoms with Gasteiger partial charge < -0.3 is 10.6 Å². The van der Waals surface area contributed by atoms with Crippen molar-refractivity contribution in [2.45, 2.75) is 46.2 Å². The maximum atomic E-state index is 6.40. The number of hydrogen-bond acceptors (Lipinski definition) is 2. The zero-order valence-corrected chi connectivity index (χ0v) is 12.8. The molecule has 2 N–H and O–H groups in total. The molecular weight excluding hydrogens is 232 g/mol. The van der Waals surface area contributed by atoms with Crippen molar-refractivity contribution >= 4 is 0 Å². The van der Waals surface area contributed by atoms with E-state index >= 15 is 0 Å². The van der Waals surface area contributed by atoms with Gasteiger partial charge in [-0.15, -0.1) is 0 Å². The number of aryl methyl sites for hydroxylation is 1. The van der Waals surface area contributed by atoms with Gasteiger partial charge in [-0.2, -0.15) is 0 Å². The van der Waals surface area contributed by atoms with Crippen LogP contribution in [0.5, 0.6) is 0 Å². The van der Waals surface area contributed by atoms with E-state index in [0.29, 0.717) is 17.4 Å². The third-order valence-corrected chi connectivity index (χ3v) is 4.65. The lowest BCUT2D eigenvalue weighted by atomic mass is 9.85. The van der Waals surface area contributed by atoms with Crippen molar-refractivity contribution in [2.75, 3.05) is 13.6 Å². The summed E-state index contributed by atoms with van der Waals surface area (Å²) in [6.45, 7) is 8.89. The van der Waals surface area contributed by atoms with Gasteiger partial charge in [0.25, 0.3) is 0 Å². The molecule has 19 heavy (non-hydrogen) atoms. The summed E-state index contributed by atoms with van der Waals surface area (Å²) in [6.07, 6.45) is 2.53. The first-order valence-electron chi connectivity index (χ1n) is 7.38. The number of hydrogen-bond donors (Lipinski definition) is 1. The van der Waals surface area contributed by atoms with Gasteiger partial charge in [0, 0.05) is 19.1 Å². The molecule has 0 saturated heterocycles. The highest BCUT2D eigenvalue weighted by Gasteiger charge is 2.39. The second-order valence-corrected chi connectivity index (χ2v) is 7.00. The number of benzene rings is 1. The minimum absolute atomic E-state index is 0.314. The first kappa shape index (κ1) is 14.5. The zero-order chi connectivity index (χ0) is 14.0. The van der Waals surface area contributed by atoms with Crippen LogP contribution in [-0.4, -0.2) is 24.5 Å². The van der Waals surface area contributed by atoms with Crippen LogP contribution in [0.3, 0.4) is 0 Å². The fraction of sp³-hybridized carbons (Fsp3) is 0.647. The van der Waals surface area contributed by atoms with Crippen molar-refractivity contribution in [1.29, 1.82) is 0 Å². The Bertz CT molecular complexity index is 425. The highest BCUT2D eigenvalue weighted by Crippen LogP contribution is 2.40. The Morgan fingerprint density at radius 2 is 2.11 bits per heavy atom. The van der Waals surface area contributed by atoms with Gasteiger partial charge in [0.2, 0.25) is 0 Å². The Morgan fingerprint density at radius 1 is 1.37 bits per heavy atom. The van der Waals surface area contributed by atoms with E-state index in [1.807, 2.05) is 0 Å². The maximum absolute atomic E-state index is 6.40. The molecule has 0 aliphatic heterocycles. The van der Waals surface area contributed by atoms with Crippen LogP contribution in [0.15, 0.2) is 24.3 Å². The predicted molar refractivity (Wildman–Crippen MR) is 82.0 cm³/mol. The topological polar surface area (TPSA) is 29.3 Å².